The van der Waals surface area contributed by atoms with E-state index in [-0.39, 0.29) is 0 Å². The first-order valence-corrected chi connectivity index (χ1v) is 10.5. The quantitative estimate of drug-likeness (QED) is 0.812. The van der Waals surface area contributed by atoms with Gasteiger partial charge in [-0.25, -0.2) is 9.97 Å². The van der Waals surface area contributed by atoms with Crippen LogP contribution in [0.5, 0.6) is 0 Å². The third-order valence-electron chi connectivity index (χ3n) is 5.91. The van der Waals surface area contributed by atoms with Crippen LogP contribution in [0.2, 0.25) is 0 Å². The first-order valence-electron chi connectivity index (χ1n) is 10.5. The number of anilines is 1. The second-order valence-electron chi connectivity index (χ2n) is 8.57. The monoisotopic (exact) mass is 373 g/mol. The molecule has 0 saturated carbocycles. The largest absolute Gasteiger partial charge is 0.354 e. The van der Waals surface area contributed by atoms with E-state index in [4.69, 9.17) is 4.98 Å². The van der Waals surface area contributed by atoms with Crippen molar-refractivity contribution in [3.05, 3.63) is 17.6 Å². The number of piperidine rings is 1. The first kappa shape index (κ1) is 20.1. The molecule has 2 aliphatic heterocycles. The summed E-state index contributed by atoms with van der Waals surface area (Å²) in [6, 6.07) is 2.83. The van der Waals surface area contributed by atoms with Crippen LogP contribution >= 0.6 is 0 Å². The Kier molecular flexibility index (Phi) is 6.35. The standard InChI is InChI=1S/C21H35N5O/c1-15(2)21-22-16(3)13-19(23-21)25-11-9-24(10-12-25)14-20(27)26-17(4)7-6-8-18(26)5/h13,15,17-18H,6-12,14H2,1-5H3. The summed E-state index contributed by atoms with van der Waals surface area (Å²) in [5, 5.41) is 0. The minimum Gasteiger partial charge on any atom is -0.354 e. The summed E-state index contributed by atoms with van der Waals surface area (Å²) in [4.78, 5) is 28.9. The van der Waals surface area contributed by atoms with Crippen LogP contribution in [0.1, 0.15) is 64.4 Å². The Morgan fingerprint density at radius 2 is 1.74 bits per heavy atom. The van der Waals surface area contributed by atoms with E-state index in [9.17, 15) is 4.79 Å². The SMILES string of the molecule is Cc1cc(N2CCN(CC(=O)N3C(C)CCCC3C)CC2)nc(C(C)C)n1. The minimum atomic E-state index is 0.295. The lowest BCUT2D eigenvalue weighted by atomic mass is 9.97. The minimum absolute atomic E-state index is 0.295. The van der Waals surface area contributed by atoms with Crippen LogP contribution in [0, 0.1) is 6.92 Å². The van der Waals surface area contributed by atoms with Crippen molar-refractivity contribution in [2.24, 2.45) is 0 Å². The highest BCUT2D eigenvalue weighted by Crippen LogP contribution is 2.23. The van der Waals surface area contributed by atoms with Gasteiger partial charge in [0.25, 0.3) is 0 Å². The zero-order valence-electron chi connectivity index (χ0n) is 17.6. The Labute approximate surface area is 164 Å². The number of aryl methyl sites for hydroxylation is 1. The summed E-state index contributed by atoms with van der Waals surface area (Å²) < 4.78 is 0. The number of piperazine rings is 1. The zero-order chi connectivity index (χ0) is 19.6. The van der Waals surface area contributed by atoms with Crippen molar-refractivity contribution < 1.29 is 4.79 Å². The molecule has 1 aromatic heterocycles. The average Bonchev–Trinajstić information content (AvgIpc) is 2.61. The fourth-order valence-electron chi connectivity index (χ4n) is 4.32. The van der Waals surface area contributed by atoms with Gasteiger partial charge in [-0.1, -0.05) is 13.8 Å². The molecule has 1 aromatic rings. The molecule has 6 heteroatoms. The molecule has 2 aliphatic rings. The molecule has 2 unspecified atom stereocenters. The Morgan fingerprint density at radius 3 is 2.33 bits per heavy atom. The first-order chi connectivity index (χ1) is 12.8. The van der Waals surface area contributed by atoms with Crippen LogP contribution in [-0.2, 0) is 4.79 Å². The molecule has 0 spiro atoms. The normalized spacial score (nSPS) is 24.5. The third kappa shape index (κ3) is 4.78. The van der Waals surface area contributed by atoms with E-state index in [2.05, 4.69) is 53.4 Å². The highest BCUT2D eigenvalue weighted by molar-refractivity contribution is 5.79. The molecule has 3 rings (SSSR count). The molecule has 0 N–H and O–H groups in total. The number of hydrogen-bond donors (Lipinski definition) is 0. The van der Waals surface area contributed by atoms with Gasteiger partial charge in [-0.15, -0.1) is 0 Å². The zero-order valence-corrected chi connectivity index (χ0v) is 17.6. The third-order valence-corrected chi connectivity index (χ3v) is 5.91. The summed E-state index contributed by atoms with van der Waals surface area (Å²) in [7, 11) is 0. The molecule has 150 valence electrons. The topological polar surface area (TPSA) is 52.6 Å². The molecule has 6 nitrogen and oxygen atoms in total. The van der Waals surface area contributed by atoms with Crippen LogP contribution < -0.4 is 4.90 Å². The molecule has 0 radical (unpaired) electrons. The van der Waals surface area contributed by atoms with Gasteiger partial charge in [0.1, 0.15) is 11.6 Å². The molecular formula is C21H35N5O. The van der Waals surface area contributed by atoms with Crippen LogP contribution in [0.3, 0.4) is 0 Å². The molecule has 0 bridgehead atoms. The number of rotatable bonds is 4. The van der Waals surface area contributed by atoms with Crippen LogP contribution in [0.25, 0.3) is 0 Å². The van der Waals surface area contributed by atoms with Gasteiger partial charge in [0.05, 0.1) is 6.54 Å². The fourth-order valence-corrected chi connectivity index (χ4v) is 4.32. The molecule has 2 fully saturated rings. The van der Waals surface area contributed by atoms with Crippen molar-refractivity contribution >= 4 is 11.7 Å². The lowest BCUT2D eigenvalue weighted by Crippen LogP contribution is -2.54. The van der Waals surface area contributed by atoms with Gasteiger partial charge in [-0.3, -0.25) is 9.69 Å². The maximum Gasteiger partial charge on any atom is 0.237 e. The summed E-state index contributed by atoms with van der Waals surface area (Å²) in [5.41, 5.74) is 1.02. The fraction of sp³-hybridized carbons (Fsp3) is 0.762. The maximum absolute atomic E-state index is 12.9. The van der Waals surface area contributed by atoms with Crippen molar-refractivity contribution in [1.29, 1.82) is 0 Å². The van der Waals surface area contributed by atoms with Crippen molar-refractivity contribution in [2.45, 2.75) is 71.9 Å². The Morgan fingerprint density at radius 1 is 1.11 bits per heavy atom. The Hall–Kier alpha value is -1.69. The highest BCUT2D eigenvalue weighted by atomic mass is 16.2. The van der Waals surface area contributed by atoms with Gasteiger partial charge in [-0.05, 0) is 40.0 Å². The van der Waals surface area contributed by atoms with Gasteiger partial charge in [0.15, 0.2) is 0 Å². The molecule has 0 aromatic carbocycles. The van der Waals surface area contributed by atoms with E-state index in [1.807, 2.05) is 6.92 Å². The predicted molar refractivity (Wildman–Crippen MR) is 109 cm³/mol. The lowest BCUT2D eigenvalue weighted by Gasteiger charge is -2.41. The van der Waals surface area contributed by atoms with Crippen molar-refractivity contribution in [1.82, 2.24) is 19.8 Å². The average molecular weight is 374 g/mol. The smallest absolute Gasteiger partial charge is 0.237 e. The molecule has 27 heavy (non-hydrogen) atoms. The van der Waals surface area contributed by atoms with E-state index in [1.165, 1.54) is 6.42 Å². The number of nitrogens with zero attached hydrogens (tertiary/aromatic N) is 5. The molecule has 3 heterocycles. The van der Waals surface area contributed by atoms with Crippen molar-refractivity contribution in [3.63, 3.8) is 0 Å². The summed E-state index contributed by atoms with van der Waals surface area (Å²) in [6.07, 6.45) is 3.51. The van der Waals surface area contributed by atoms with Crippen molar-refractivity contribution in [3.8, 4) is 0 Å². The number of aromatic nitrogens is 2. The van der Waals surface area contributed by atoms with Gasteiger partial charge in [0.2, 0.25) is 5.91 Å². The summed E-state index contributed by atoms with van der Waals surface area (Å²) >= 11 is 0. The number of amides is 1. The van der Waals surface area contributed by atoms with Gasteiger partial charge in [-0.2, -0.15) is 0 Å². The number of hydrogen-bond acceptors (Lipinski definition) is 5. The lowest BCUT2D eigenvalue weighted by molar-refractivity contribution is -0.138. The second-order valence-corrected chi connectivity index (χ2v) is 8.57. The second kappa shape index (κ2) is 8.55. The summed E-state index contributed by atoms with van der Waals surface area (Å²) in [6.45, 7) is 14.8. The number of likely N-dealkylation sites (tertiary alicyclic amines) is 1. The van der Waals surface area contributed by atoms with Crippen LogP contribution in [0.4, 0.5) is 5.82 Å². The van der Waals surface area contributed by atoms with E-state index >= 15 is 0 Å². The van der Waals surface area contributed by atoms with E-state index < -0.39 is 0 Å². The molecule has 1 amide bonds. The van der Waals surface area contributed by atoms with Gasteiger partial charge < -0.3 is 9.80 Å². The molecule has 2 saturated heterocycles. The maximum atomic E-state index is 12.9. The summed E-state index contributed by atoms with van der Waals surface area (Å²) in [5.74, 6) is 2.56. The molecule has 2 atom stereocenters. The van der Waals surface area contributed by atoms with Gasteiger partial charge >= 0.3 is 0 Å². The number of carbonyl (C=O) groups excluding carboxylic acids is 1. The Bertz CT molecular complexity index is 644. The van der Waals surface area contributed by atoms with E-state index in [0.717, 1.165) is 56.4 Å². The van der Waals surface area contributed by atoms with Crippen LogP contribution in [0.15, 0.2) is 6.07 Å². The van der Waals surface area contributed by atoms with Crippen LogP contribution in [-0.4, -0.2) is 70.5 Å². The molecule has 0 aliphatic carbocycles. The van der Waals surface area contributed by atoms with Gasteiger partial charge in [0, 0.05) is 55.9 Å². The Balaban J connectivity index is 1.57. The molecular weight excluding hydrogens is 338 g/mol. The number of carbonyl (C=O) groups is 1. The van der Waals surface area contributed by atoms with Crippen molar-refractivity contribution in [2.75, 3.05) is 37.6 Å². The van der Waals surface area contributed by atoms with E-state index in [0.29, 0.717) is 30.5 Å². The van der Waals surface area contributed by atoms with E-state index in [1.54, 1.807) is 0 Å². The predicted octanol–water partition coefficient (Wildman–Crippen LogP) is 2.82. The highest BCUT2D eigenvalue weighted by Gasteiger charge is 2.30.